The summed E-state index contributed by atoms with van der Waals surface area (Å²) in [4.78, 5) is 12.2. The van der Waals surface area contributed by atoms with Gasteiger partial charge in [-0.05, 0) is 55.3 Å². The van der Waals surface area contributed by atoms with Crippen LogP contribution in [0.5, 0.6) is 5.75 Å². The summed E-state index contributed by atoms with van der Waals surface area (Å²) in [5.41, 5.74) is -0.0964. The van der Waals surface area contributed by atoms with E-state index in [1.807, 2.05) is 0 Å². The van der Waals surface area contributed by atoms with Crippen molar-refractivity contribution in [1.82, 2.24) is 9.62 Å². The van der Waals surface area contributed by atoms with Crippen LogP contribution in [-0.2, 0) is 10.0 Å². The lowest BCUT2D eigenvalue weighted by Crippen LogP contribution is -2.29. The predicted octanol–water partition coefficient (Wildman–Crippen LogP) is 3.07. The molecule has 28 heavy (non-hydrogen) atoms. The SMILES string of the molecule is O=C(NCCOc1ccc(S(=O)(=O)N2CCCC2)cc1)c1ccc(Cl)cc1F. The third kappa shape index (κ3) is 4.81. The van der Waals surface area contributed by atoms with E-state index < -0.39 is 21.7 Å². The third-order valence-electron chi connectivity index (χ3n) is 4.36. The summed E-state index contributed by atoms with van der Waals surface area (Å²) in [5, 5.41) is 2.77. The second-order valence-corrected chi connectivity index (χ2v) is 8.69. The molecule has 0 spiro atoms. The first-order chi connectivity index (χ1) is 13.4. The molecule has 9 heteroatoms. The molecular formula is C19H20ClFN2O4S. The van der Waals surface area contributed by atoms with E-state index in [1.165, 1.54) is 28.6 Å². The zero-order valence-electron chi connectivity index (χ0n) is 15.0. The molecule has 150 valence electrons. The van der Waals surface area contributed by atoms with Gasteiger partial charge in [-0.25, -0.2) is 12.8 Å². The molecule has 2 aromatic rings. The lowest BCUT2D eigenvalue weighted by Gasteiger charge is -2.15. The summed E-state index contributed by atoms with van der Waals surface area (Å²) in [6, 6.07) is 9.98. The Balaban J connectivity index is 1.49. The number of nitrogens with one attached hydrogen (secondary N) is 1. The van der Waals surface area contributed by atoms with Crippen molar-refractivity contribution < 1.29 is 22.3 Å². The fourth-order valence-corrected chi connectivity index (χ4v) is 4.56. The molecule has 0 aromatic heterocycles. The average Bonchev–Trinajstić information content (AvgIpc) is 3.21. The highest BCUT2D eigenvalue weighted by molar-refractivity contribution is 7.89. The maximum atomic E-state index is 13.7. The van der Waals surface area contributed by atoms with Crippen molar-refractivity contribution in [3.8, 4) is 5.75 Å². The van der Waals surface area contributed by atoms with E-state index in [0.717, 1.165) is 18.9 Å². The van der Waals surface area contributed by atoms with Crippen LogP contribution in [0.1, 0.15) is 23.2 Å². The minimum Gasteiger partial charge on any atom is -0.492 e. The summed E-state index contributed by atoms with van der Waals surface area (Å²) in [6.45, 7) is 1.41. The number of benzene rings is 2. The number of amides is 1. The monoisotopic (exact) mass is 426 g/mol. The summed E-state index contributed by atoms with van der Waals surface area (Å²) < 4.78 is 45.6. The van der Waals surface area contributed by atoms with Crippen molar-refractivity contribution in [3.05, 3.63) is 58.9 Å². The topological polar surface area (TPSA) is 75.7 Å². The van der Waals surface area contributed by atoms with Crippen LogP contribution >= 0.6 is 11.6 Å². The molecule has 6 nitrogen and oxygen atoms in total. The van der Waals surface area contributed by atoms with Crippen LogP contribution in [-0.4, -0.2) is 44.9 Å². The van der Waals surface area contributed by atoms with Gasteiger partial charge in [0.05, 0.1) is 17.0 Å². The van der Waals surface area contributed by atoms with Gasteiger partial charge in [-0.1, -0.05) is 11.6 Å². The molecule has 0 radical (unpaired) electrons. The number of hydrogen-bond donors (Lipinski definition) is 1. The van der Waals surface area contributed by atoms with Gasteiger partial charge in [0.15, 0.2) is 0 Å². The minimum atomic E-state index is -3.45. The number of carbonyl (C=O) groups is 1. The van der Waals surface area contributed by atoms with Gasteiger partial charge in [0.1, 0.15) is 18.2 Å². The first kappa shape index (κ1) is 20.6. The summed E-state index contributed by atoms with van der Waals surface area (Å²) >= 11 is 5.66. The van der Waals surface area contributed by atoms with E-state index in [0.29, 0.717) is 18.8 Å². The van der Waals surface area contributed by atoms with Gasteiger partial charge in [0, 0.05) is 18.1 Å². The molecule has 0 aliphatic carbocycles. The molecule has 2 aromatic carbocycles. The van der Waals surface area contributed by atoms with Crippen molar-refractivity contribution in [3.63, 3.8) is 0 Å². The van der Waals surface area contributed by atoms with Crippen LogP contribution < -0.4 is 10.1 Å². The highest BCUT2D eigenvalue weighted by Crippen LogP contribution is 2.22. The number of halogens is 2. The summed E-state index contributed by atoms with van der Waals surface area (Å²) in [6.07, 6.45) is 1.76. The number of ether oxygens (including phenoxy) is 1. The largest absolute Gasteiger partial charge is 0.492 e. The second kappa shape index (κ2) is 8.89. The fourth-order valence-electron chi connectivity index (χ4n) is 2.89. The fraction of sp³-hybridized carbons (Fsp3) is 0.316. The lowest BCUT2D eigenvalue weighted by molar-refractivity contribution is 0.0943. The van der Waals surface area contributed by atoms with Crippen LogP contribution in [0.25, 0.3) is 0 Å². The molecule has 1 amide bonds. The molecular weight excluding hydrogens is 407 g/mol. The standard InChI is InChI=1S/C19H20ClFN2O4S/c20-14-3-8-17(18(21)13-14)19(24)22-9-12-27-15-4-6-16(7-5-15)28(25,26)23-10-1-2-11-23/h3-8,13H,1-2,9-12H2,(H,22,24). The molecule has 1 saturated heterocycles. The van der Waals surface area contributed by atoms with Gasteiger partial charge in [0.2, 0.25) is 10.0 Å². The van der Waals surface area contributed by atoms with Crippen LogP contribution in [0.4, 0.5) is 4.39 Å². The number of hydrogen-bond acceptors (Lipinski definition) is 4. The number of rotatable bonds is 7. The van der Waals surface area contributed by atoms with E-state index in [9.17, 15) is 17.6 Å². The Labute approximate surface area is 168 Å². The first-order valence-corrected chi connectivity index (χ1v) is 10.7. The van der Waals surface area contributed by atoms with E-state index in [1.54, 1.807) is 12.1 Å². The van der Waals surface area contributed by atoms with Crippen LogP contribution in [0.15, 0.2) is 47.4 Å². The molecule has 3 rings (SSSR count). The average molecular weight is 427 g/mol. The molecule has 1 aliphatic rings. The van der Waals surface area contributed by atoms with Crippen molar-refractivity contribution in [2.24, 2.45) is 0 Å². The third-order valence-corrected chi connectivity index (χ3v) is 6.51. The molecule has 0 unspecified atom stereocenters. The first-order valence-electron chi connectivity index (χ1n) is 8.84. The summed E-state index contributed by atoms with van der Waals surface area (Å²) in [5.74, 6) is -0.780. The molecule has 0 saturated carbocycles. The molecule has 0 atom stereocenters. The lowest BCUT2D eigenvalue weighted by atomic mass is 10.2. The highest BCUT2D eigenvalue weighted by Gasteiger charge is 2.26. The number of nitrogens with zero attached hydrogens (tertiary/aromatic N) is 1. The Kier molecular flexibility index (Phi) is 6.53. The quantitative estimate of drug-likeness (QED) is 0.690. The minimum absolute atomic E-state index is 0.0964. The van der Waals surface area contributed by atoms with Gasteiger partial charge in [0.25, 0.3) is 5.91 Å². The van der Waals surface area contributed by atoms with Crippen molar-refractivity contribution in [2.75, 3.05) is 26.2 Å². The highest BCUT2D eigenvalue weighted by atomic mass is 35.5. The van der Waals surface area contributed by atoms with Gasteiger partial charge in [-0.2, -0.15) is 4.31 Å². The van der Waals surface area contributed by atoms with Crippen LogP contribution in [0.2, 0.25) is 5.02 Å². The molecule has 1 fully saturated rings. The molecule has 1 N–H and O–H groups in total. The Bertz CT molecular complexity index is 945. The Morgan fingerprint density at radius 3 is 2.46 bits per heavy atom. The maximum Gasteiger partial charge on any atom is 0.254 e. The zero-order chi connectivity index (χ0) is 20.1. The van der Waals surface area contributed by atoms with Crippen molar-refractivity contribution in [1.29, 1.82) is 0 Å². The van der Waals surface area contributed by atoms with Crippen LogP contribution in [0.3, 0.4) is 0 Å². The van der Waals surface area contributed by atoms with Crippen molar-refractivity contribution in [2.45, 2.75) is 17.7 Å². The van der Waals surface area contributed by atoms with E-state index in [-0.39, 0.29) is 28.6 Å². The Morgan fingerprint density at radius 1 is 1.14 bits per heavy atom. The molecule has 1 heterocycles. The molecule has 1 aliphatic heterocycles. The number of carbonyl (C=O) groups excluding carboxylic acids is 1. The zero-order valence-corrected chi connectivity index (χ0v) is 16.6. The number of sulfonamides is 1. The summed E-state index contributed by atoms with van der Waals surface area (Å²) in [7, 11) is -3.45. The van der Waals surface area contributed by atoms with E-state index in [4.69, 9.17) is 16.3 Å². The van der Waals surface area contributed by atoms with Gasteiger partial charge in [-0.3, -0.25) is 4.79 Å². The Morgan fingerprint density at radius 2 is 1.82 bits per heavy atom. The predicted molar refractivity (Wildman–Crippen MR) is 104 cm³/mol. The second-order valence-electron chi connectivity index (χ2n) is 6.31. The molecule has 0 bridgehead atoms. The Hall–Kier alpha value is -2.16. The van der Waals surface area contributed by atoms with Gasteiger partial charge >= 0.3 is 0 Å². The van der Waals surface area contributed by atoms with E-state index in [2.05, 4.69) is 5.32 Å². The smallest absolute Gasteiger partial charge is 0.254 e. The van der Waals surface area contributed by atoms with Crippen LogP contribution in [0, 0.1) is 5.82 Å². The van der Waals surface area contributed by atoms with E-state index >= 15 is 0 Å². The van der Waals surface area contributed by atoms with Gasteiger partial charge < -0.3 is 10.1 Å². The normalized spacial score (nSPS) is 14.8. The van der Waals surface area contributed by atoms with Crippen molar-refractivity contribution >= 4 is 27.5 Å². The maximum absolute atomic E-state index is 13.7. The van der Waals surface area contributed by atoms with Gasteiger partial charge in [-0.15, -0.1) is 0 Å².